The number of rotatable bonds is 9. The lowest BCUT2D eigenvalue weighted by Crippen LogP contribution is -2.46. The minimum atomic E-state index is 0.165. The maximum Gasteiger partial charge on any atom is 0.222 e. The molecule has 2 fully saturated rings. The second kappa shape index (κ2) is 13.0. The van der Waals surface area contributed by atoms with E-state index in [9.17, 15) is 4.79 Å². The summed E-state index contributed by atoms with van der Waals surface area (Å²) < 4.78 is 5.90. The summed E-state index contributed by atoms with van der Waals surface area (Å²) in [6.45, 7) is 14.6. The molecule has 1 amide bonds. The molecule has 2 rings (SSSR count). The molecule has 0 aromatic carbocycles. The van der Waals surface area contributed by atoms with E-state index in [-0.39, 0.29) is 6.10 Å². The quantitative estimate of drug-likeness (QED) is 0.353. The Hall–Kier alpha value is -1.34. The third kappa shape index (κ3) is 8.78. The van der Waals surface area contributed by atoms with Crippen molar-refractivity contribution in [2.75, 3.05) is 59.0 Å². The van der Waals surface area contributed by atoms with E-state index in [4.69, 9.17) is 9.73 Å². The first kappa shape index (κ1) is 22.9. The van der Waals surface area contributed by atoms with Crippen molar-refractivity contribution in [3.63, 3.8) is 0 Å². The molecule has 0 aromatic heterocycles. The van der Waals surface area contributed by atoms with Crippen LogP contribution in [0.4, 0.5) is 0 Å². The molecule has 2 heterocycles. The first-order chi connectivity index (χ1) is 13.6. The number of nitrogens with one attached hydrogen (secondary N) is 2. The van der Waals surface area contributed by atoms with Gasteiger partial charge in [-0.3, -0.25) is 14.7 Å². The van der Waals surface area contributed by atoms with Crippen LogP contribution >= 0.6 is 0 Å². The monoisotopic (exact) mass is 395 g/mol. The topological polar surface area (TPSA) is 69.2 Å². The molecule has 2 aliphatic rings. The SMILES string of the molecule is CCNC(=NCC1CN(CC(C)C)CCO1)NCCCN1CCCCCC1=O. The Kier molecular flexibility index (Phi) is 10.6. The van der Waals surface area contributed by atoms with Crippen molar-refractivity contribution in [1.82, 2.24) is 20.4 Å². The van der Waals surface area contributed by atoms with Crippen molar-refractivity contribution in [3.8, 4) is 0 Å². The van der Waals surface area contributed by atoms with E-state index in [1.165, 1.54) is 6.42 Å². The van der Waals surface area contributed by atoms with Crippen LogP contribution in [0.5, 0.6) is 0 Å². The third-order valence-corrected chi connectivity index (χ3v) is 5.21. The molecular weight excluding hydrogens is 354 g/mol. The predicted octanol–water partition coefficient (Wildman–Crippen LogP) is 1.69. The Morgan fingerprint density at radius 3 is 2.89 bits per heavy atom. The predicted molar refractivity (Wildman–Crippen MR) is 115 cm³/mol. The van der Waals surface area contributed by atoms with Gasteiger partial charge < -0.3 is 20.3 Å². The Labute approximate surface area is 171 Å². The normalized spacial score (nSPS) is 22.4. The van der Waals surface area contributed by atoms with Gasteiger partial charge in [0.1, 0.15) is 0 Å². The van der Waals surface area contributed by atoms with Gasteiger partial charge in [-0.05, 0) is 32.1 Å². The summed E-state index contributed by atoms with van der Waals surface area (Å²) >= 11 is 0. The Morgan fingerprint density at radius 2 is 2.11 bits per heavy atom. The Balaban J connectivity index is 1.71. The van der Waals surface area contributed by atoms with Crippen molar-refractivity contribution in [1.29, 1.82) is 0 Å². The van der Waals surface area contributed by atoms with Gasteiger partial charge in [0.2, 0.25) is 5.91 Å². The molecule has 7 nitrogen and oxygen atoms in total. The Morgan fingerprint density at radius 1 is 1.25 bits per heavy atom. The Bertz CT molecular complexity index is 483. The number of hydrogen-bond acceptors (Lipinski definition) is 4. The zero-order chi connectivity index (χ0) is 20.2. The molecule has 7 heteroatoms. The van der Waals surface area contributed by atoms with Crippen molar-refractivity contribution >= 4 is 11.9 Å². The van der Waals surface area contributed by atoms with Crippen molar-refractivity contribution < 1.29 is 9.53 Å². The van der Waals surface area contributed by atoms with Gasteiger partial charge in [0.15, 0.2) is 5.96 Å². The maximum atomic E-state index is 12.1. The highest BCUT2D eigenvalue weighted by Gasteiger charge is 2.21. The fraction of sp³-hybridized carbons (Fsp3) is 0.905. The number of morpholine rings is 1. The van der Waals surface area contributed by atoms with Crippen LogP contribution in [0, 0.1) is 5.92 Å². The van der Waals surface area contributed by atoms with Gasteiger partial charge in [0, 0.05) is 52.2 Å². The molecule has 0 spiro atoms. The largest absolute Gasteiger partial charge is 0.374 e. The fourth-order valence-corrected chi connectivity index (χ4v) is 3.86. The number of ether oxygens (including phenoxy) is 1. The van der Waals surface area contributed by atoms with Gasteiger partial charge in [-0.15, -0.1) is 0 Å². The number of likely N-dealkylation sites (tertiary alicyclic amines) is 1. The first-order valence-electron chi connectivity index (χ1n) is 11.2. The van der Waals surface area contributed by atoms with Crippen LogP contribution in [0.1, 0.15) is 52.9 Å². The third-order valence-electron chi connectivity index (χ3n) is 5.21. The highest BCUT2D eigenvalue weighted by Crippen LogP contribution is 2.11. The van der Waals surface area contributed by atoms with Crippen LogP contribution in [0.25, 0.3) is 0 Å². The van der Waals surface area contributed by atoms with Crippen molar-refractivity contribution in [2.45, 2.75) is 59.0 Å². The lowest BCUT2D eigenvalue weighted by molar-refractivity contribution is -0.130. The van der Waals surface area contributed by atoms with Crippen LogP contribution in [-0.2, 0) is 9.53 Å². The highest BCUT2D eigenvalue weighted by atomic mass is 16.5. The molecule has 2 N–H and O–H groups in total. The lowest BCUT2D eigenvalue weighted by Gasteiger charge is -2.33. The molecule has 1 atom stereocenters. The van der Waals surface area contributed by atoms with Gasteiger partial charge in [-0.1, -0.05) is 20.3 Å². The molecule has 28 heavy (non-hydrogen) atoms. The number of nitrogens with zero attached hydrogens (tertiary/aromatic N) is 3. The molecule has 0 aromatic rings. The molecule has 2 saturated heterocycles. The number of carbonyl (C=O) groups excluding carboxylic acids is 1. The standard InChI is InChI=1S/C21H41N5O2/c1-4-22-21(23-10-8-12-26-11-7-5-6-9-20(26)27)24-15-19-17-25(13-14-28-19)16-18(2)3/h18-19H,4-17H2,1-3H3,(H2,22,23,24). The van der Waals surface area contributed by atoms with Gasteiger partial charge in [-0.25, -0.2) is 0 Å². The minimum Gasteiger partial charge on any atom is -0.374 e. The molecule has 2 aliphatic heterocycles. The lowest BCUT2D eigenvalue weighted by atomic mass is 10.2. The molecule has 0 radical (unpaired) electrons. The van der Waals surface area contributed by atoms with Gasteiger partial charge in [-0.2, -0.15) is 0 Å². The van der Waals surface area contributed by atoms with Crippen LogP contribution in [0.3, 0.4) is 0 Å². The number of amides is 1. The number of hydrogen-bond donors (Lipinski definition) is 2. The van der Waals surface area contributed by atoms with E-state index < -0.39 is 0 Å². The van der Waals surface area contributed by atoms with Crippen LogP contribution in [0.2, 0.25) is 0 Å². The summed E-state index contributed by atoms with van der Waals surface area (Å²) in [6, 6.07) is 0. The van der Waals surface area contributed by atoms with Crippen molar-refractivity contribution in [2.24, 2.45) is 10.9 Å². The summed E-state index contributed by atoms with van der Waals surface area (Å²) in [5, 5.41) is 6.72. The molecule has 1 unspecified atom stereocenters. The fourth-order valence-electron chi connectivity index (χ4n) is 3.86. The van der Waals surface area contributed by atoms with E-state index in [1.807, 2.05) is 4.90 Å². The molecular formula is C21H41N5O2. The van der Waals surface area contributed by atoms with Crippen LogP contribution in [0.15, 0.2) is 4.99 Å². The summed E-state index contributed by atoms with van der Waals surface area (Å²) in [4.78, 5) is 21.3. The van der Waals surface area contributed by atoms with Crippen molar-refractivity contribution in [3.05, 3.63) is 0 Å². The average molecular weight is 396 g/mol. The van der Waals surface area contributed by atoms with E-state index >= 15 is 0 Å². The molecule has 0 saturated carbocycles. The van der Waals surface area contributed by atoms with E-state index in [1.54, 1.807) is 0 Å². The molecule has 0 bridgehead atoms. The summed E-state index contributed by atoms with van der Waals surface area (Å²) in [5.41, 5.74) is 0. The average Bonchev–Trinajstić information content (AvgIpc) is 2.87. The minimum absolute atomic E-state index is 0.165. The second-order valence-corrected chi connectivity index (χ2v) is 8.34. The molecule has 0 aliphatic carbocycles. The summed E-state index contributed by atoms with van der Waals surface area (Å²) in [7, 11) is 0. The van der Waals surface area contributed by atoms with Crippen LogP contribution < -0.4 is 10.6 Å². The van der Waals surface area contributed by atoms with Gasteiger partial charge in [0.25, 0.3) is 0 Å². The van der Waals surface area contributed by atoms with Gasteiger partial charge >= 0.3 is 0 Å². The zero-order valence-corrected chi connectivity index (χ0v) is 18.2. The number of guanidine groups is 1. The number of aliphatic imine (C=N–C) groups is 1. The van der Waals surface area contributed by atoms with Crippen LogP contribution in [-0.4, -0.2) is 86.7 Å². The number of carbonyl (C=O) groups is 1. The van der Waals surface area contributed by atoms with E-state index in [0.717, 1.165) is 77.6 Å². The second-order valence-electron chi connectivity index (χ2n) is 8.34. The van der Waals surface area contributed by atoms with E-state index in [0.29, 0.717) is 24.8 Å². The zero-order valence-electron chi connectivity index (χ0n) is 18.2. The summed E-state index contributed by atoms with van der Waals surface area (Å²) in [5.74, 6) is 1.84. The molecule has 162 valence electrons. The maximum absolute atomic E-state index is 12.1. The first-order valence-corrected chi connectivity index (χ1v) is 11.2. The summed E-state index contributed by atoms with van der Waals surface area (Å²) in [6.07, 6.45) is 5.18. The highest BCUT2D eigenvalue weighted by molar-refractivity contribution is 5.79. The van der Waals surface area contributed by atoms with Gasteiger partial charge in [0.05, 0.1) is 19.3 Å². The van der Waals surface area contributed by atoms with E-state index in [2.05, 4.69) is 36.3 Å². The smallest absolute Gasteiger partial charge is 0.222 e.